The summed E-state index contributed by atoms with van der Waals surface area (Å²) in [6.45, 7) is 7.69. The Morgan fingerprint density at radius 2 is 1.56 bits per heavy atom. The minimum atomic E-state index is -0.0694. The van der Waals surface area contributed by atoms with E-state index in [-0.39, 0.29) is 5.91 Å². The molecule has 0 unspecified atom stereocenters. The minimum absolute atomic E-state index is 0.0694. The fourth-order valence-electron chi connectivity index (χ4n) is 3.08. The summed E-state index contributed by atoms with van der Waals surface area (Å²) in [6.07, 6.45) is 0.891. The molecule has 1 amide bonds. The van der Waals surface area contributed by atoms with Gasteiger partial charge in [0.15, 0.2) is 0 Å². The molecule has 0 fully saturated rings. The monoisotopic (exact) mass is 332 g/mol. The molecule has 3 heteroatoms. The number of hydrogen-bond donors (Lipinski definition) is 2. The van der Waals surface area contributed by atoms with E-state index in [0.29, 0.717) is 12.1 Å². The number of amides is 1. The molecule has 128 valence electrons. The van der Waals surface area contributed by atoms with E-state index in [4.69, 9.17) is 0 Å². The van der Waals surface area contributed by atoms with Crippen molar-refractivity contribution in [2.24, 2.45) is 0 Å². The molecule has 0 aliphatic heterocycles. The van der Waals surface area contributed by atoms with Crippen molar-refractivity contribution in [2.75, 3.05) is 13.1 Å². The van der Waals surface area contributed by atoms with Gasteiger partial charge in [0, 0.05) is 18.7 Å². The van der Waals surface area contributed by atoms with Crippen LogP contribution >= 0.6 is 0 Å². The van der Waals surface area contributed by atoms with E-state index in [1.54, 1.807) is 6.92 Å². The lowest BCUT2D eigenvalue weighted by molar-refractivity contribution is -0.117. The molecule has 0 aromatic heterocycles. The number of carbonyl (C=O) groups is 1. The van der Waals surface area contributed by atoms with E-state index in [9.17, 15) is 4.79 Å². The van der Waals surface area contributed by atoms with Crippen LogP contribution in [0, 0.1) is 0 Å². The van der Waals surface area contributed by atoms with Crippen molar-refractivity contribution >= 4 is 27.5 Å². The third-order valence-corrected chi connectivity index (χ3v) is 4.39. The fourth-order valence-corrected chi connectivity index (χ4v) is 3.08. The smallest absolute Gasteiger partial charge is 0.246 e. The first kappa shape index (κ1) is 17.2. The number of rotatable bonds is 7. The number of hydrogen-bond acceptors (Lipinski definition) is 2. The Bertz CT molecular complexity index is 860. The third kappa shape index (κ3) is 4.06. The zero-order chi connectivity index (χ0) is 17.6. The molecule has 3 aromatic carbocycles. The van der Waals surface area contributed by atoms with Crippen molar-refractivity contribution in [2.45, 2.75) is 19.9 Å². The molecule has 0 saturated heterocycles. The third-order valence-electron chi connectivity index (χ3n) is 4.39. The lowest BCUT2D eigenvalue weighted by Crippen LogP contribution is -2.27. The molecular weight excluding hydrogens is 308 g/mol. The van der Waals surface area contributed by atoms with E-state index < -0.39 is 0 Å². The summed E-state index contributed by atoms with van der Waals surface area (Å²) in [4.78, 5) is 11.5. The molecule has 3 rings (SSSR count). The van der Waals surface area contributed by atoms with Crippen LogP contribution in [0.1, 0.15) is 18.9 Å². The number of benzene rings is 3. The van der Waals surface area contributed by atoms with Crippen molar-refractivity contribution in [1.29, 1.82) is 0 Å². The van der Waals surface area contributed by atoms with Gasteiger partial charge in [0.25, 0.3) is 0 Å². The quantitative estimate of drug-likeness (QED) is 0.387. The van der Waals surface area contributed by atoms with E-state index in [0.717, 1.165) is 19.5 Å². The van der Waals surface area contributed by atoms with Crippen LogP contribution < -0.4 is 10.6 Å². The van der Waals surface area contributed by atoms with Gasteiger partial charge in [-0.05, 0) is 53.1 Å². The van der Waals surface area contributed by atoms with E-state index in [1.165, 1.54) is 27.1 Å². The zero-order valence-electron chi connectivity index (χ0n) is 14.6. The van der Waals surface area contributed by atoms with Gasteiger partial charge in [0.05, 0.1) is 0 Å². The maximum atomic E-state index is 11.5. The predicted molar refractivity (Wildman–Crippen MR) is 106 cm³/mol. The van der Waals surface area contributed by atoms with Crippen LogP contribution in [0.3, 0.4) is 0 Å². The summed E-state index contributed by atoms with van der Waals surface area (Å²) in [6, 6.07) is 19.3. The molecule has 3 aromatic rings. The highest BCUT2D eigenvalue weighted by molar-refractivity contribution is 6.02. The van der Waals surface area contributed by atoms with Gasteiger partial charge in [-0.1, -0.05) is 55.1 Å². The standard InChI is InChI=1S/C22H24N2O/c1-16(2)22(25)24-13-7-12-23-15-21-19-10-5-3-8-17(19)14-18-9-4-6-11-20(18)21/h3-6,8-11,14,23H,1,7,12-13,15H2,2H3,(H,24,25). The Kier molecular flexibility index (Phi) is 5.46. The summed E-state index contributed by atoms with van der Waals surface area (Å²) >= 11 is 0. The van der Waals surface area contributed by atoms with Gasteiger partial charge < -0.3 is 10.6 Å². The maximum Gasteiger partial charge on any atom is 0.246 e. The maximum absolute atomic E-state index is 11.5. The summed E-state index contributed by atoms with van der Waals surface area (Å²) in [5.74, 6) is -0.0694. The fraction of sp³-hybridized carbons (Fsp3) is 0.227. The SMILES string of the molecule is C=C(C)C(=O)NCCCNCc1c2ccccc2cc2ccccc12. The van der Waals surface area contributed by atoms with Crippen molar-refractivity contribution in [1.82, 2.24) is 10.6 Å². The summed E-state index contributed by atoms with van der Waals surface area (Å²) in [5.41, 5.74) is 1.88. The van der Waals surface area contributed by atoms with Crippen LogP contribution in [0.4, 0.5) is 0 Å². The van der Waals surface area contributed by atoms with Crippen molar-refractivity contribution in [3.8, 4) is 0 Å². The summed E-state index contributed by atoms with van der Waals surface area (Å²) in [5, 5.41) is 11.5. The highest BCUT2D eigenvalue weighted by Crippen LogP contribution is 2.28. The molecule has 0 saturated carbocycles. The Morgan fingerprint density at radius 1 is 0.960 bits per heavy atom. The molecule has 0 heterocycles. The van der Waals surface area contributed by atoms with Crippen molar-refractivity contribution in [3.63, 3.8) is 0 Å². The first-order valence-corrected chi connectivity index (χ1v) is 8.70. The van der Waals surface area contributed by atoms with Crippen LogP contribution in [0.15, 0.2) is 66.7 Å². The topological polar surface area (TPSA) is 41.1 Å². The number of fused-ring (bicyclic) bond motifs is 2. The molecule has 2 N–H and O–H groups in total. The zero-order valence-corrected chi connectivity index (χ0v) is 14.6. The van der Waals surface area contributed by atoms with E-state index in [1.807, 2.05) is 0 Å². The Morgan fingerprint density at radius 3 is 2.16 bits per heavy atom. The van der Waals surface area contributed by atoms with Crippen LogP contribution in [0.2, 0.25) is 0 Å². The molecule has 25 heavy (non-hydrogen) atoms. The van der Waals surface area contributed by atoms with Gasteiger partial charge in [-0.3, -0.25) is 4.79 Å². The normalized spacial score (nSPS) is 10.9. The average molecular weight is 332 g/mol. The highest BCUT2D eigenvalue weighted by atomic mass is 16.1. The molecule has 0 spiro atoms. The first-order valence-electron chi connectivity index (χ1n) is 8.70. The Labute approximate surface area is 148 Å². The summed E-state index contributed by atoms with van der Waals surface area (Å²) < 4.78 is 0. The average Bonchev–Trinajstić information content (AvgIpc) is 2.63. The van der Waals surface area contributed by atoms with Gasteiger partial charge >= 0.3 is 0 Å². The van der Waals surface area contributed by atoms with Crippen molar-refractivity contribution < 1.29 is 4.79 Å². The van der Waals surface area contributed by atoms with Crippen LogP contribution in [0.25, 0.3) is 21.5 Å². The van der Waals surface area contributed by atoms with Gasteiger partial charge in [-0.15, -0.1) is 0 Å². The summed E-state index contributed by atoms with van der Waals surface area (Å²) in [7, 11) is 0. The van der Waals surface area contributed by atoms with Crippen LogP contribution in [0.5, 0.6) is 0 Å². The lowest BCUT2D eigenvalue weighted by atomic mass is 9.97. The molecule has 0 aliphatic rings. The highest BCUT2D eigenvalue weighted by Gasteiger charge is 2.07. The van der Waals surface area contributed by atoms with Crippen LogP contribution in [-0.2, 0) is 11.3 Å². The van der Waals surface area contributed by atoms with Gasteiger partial charge in [0.1, 0.15) is 0 Å². The van der Waals surface area contributed by atoms with Gasteiger partial charge in [-0.2, -0.15) is 0 Å². The molecule has 0 bridgehead atoms. The second kappa shape index (κ2) is 7.95. The number of nitrogens with one attached hydrogen (secondary N) is 2. The second-order valence-corrected chi connectivity index (χ2v) is 6.36. The van der Waals surface area contributed by atoms with Crippen LogP contribution in [-0.4, -0.2) is 19.0 Å². The number of carbonyl (C=O) groups excluding carboxylic acids is 1. The van der Waals surface area contributed by atoms with E-state index >= 15 is 0 Å². The van der Waals surface area contributed by atoms with Gasteiger partial charge in [-0.25, -0.2) is 0 Å². The minimum Gasteiger partial charge on any atom is -0.352 e. The molecule has 0 atom stereocenters. The first-order chi connectivity index (χ1) is 12.2. The molecular formula is C22H24N2O. The lowest BCUT2D eigenvalue weighted by Gasteiger charge is -2.13. The molecule has 3 nitrogen and oxygen atoms in total. The molecule has 0 radical (unpaired) electrons. The van der Waals surface area contributed by atoms with Crippen molar-refractivity contribution in [3.05, 3.63) is 72.3 Å². The second-order valence-electron chi connectivity index (χ2n) is 6.36. The van der Waals surface area contributed by atoms with Gasteiger partial charge in [0.2, 0.25) is 5.91 Å². The largest absolute Gasteiger partial charge is 0.352 e. The molecule has 0 aliphatic carbocycles. The Hall–Kier alpha value is -2.65. The van der Waals surface area contributed by atoms with E-state index in [2.05, 4.69) is 71.8 Å². The predicted octanol–water partition coefficient (Wildman–Crippen LogP) is 4.17. The Balaban J connectivity index is 1.68.